The second-order valence-electron chi connectivity index (χ2n) is 4.92. The number of piperidine rings is 1. The topological polar surface area (TPSA) is 60.5 Å². The molecule has 0 spiro atoms. The summed E-state index contributed by atoms with van der Waals surface area (Å²) < 4.78 is 8.13. The second-order valence-corrected chi connectivity index (χ2v) is 5.84. The molecule has 0 bridgehead atoms. The first-order chi connectivity index (χ1) is 9.06. The molecule has 1 aliphatic rings. The average Bonchev–Trinajstić information content (AvgIpc) is 2.76. The summed E-state index contributed by atoms with van der Waals surface area (Å²) in [6, 6.07) is 1.90. The molecule has 1 aliphatic heterocycles. The van der Waals surface area contributed by atoms with Gasteiger partial charge in [-0.05, 0) is 34.8 Å². The molecule has 0 aliphatic carbocycles. The number of nitrogens with zero attached hydrogens (tertiary/aromatic N) is 2. The van der Waals surface area contributed by atoms with Crippen molar-refractivity contribution in [2.75, 3.05) is 20.2 Å². The molecule has 1 amide bonds. The summed E-state index contributed by atoms with van der Waals surface area (Å²) in [6.07, 6.45) is 3.76. The maximum Gasteiger partial charge on any atom is 0.270 e. The van der Waals surface area contributed by atoms with Crippen LogP contribution in [0.25, 0.3) is 0 Å². The van der Waals surface area contributed by atoms with Gasteiger partial charge in [-0.15, -0.1) is 12.4 Å². The van der Waals surface area contributed by atoms with Crippen LogP contribution in [0.5, 0.6) is 0 Å². The van der Waals surface area contributed by atoms with Crippen LogP contribution in [0.2, 0.25) is 0 Å². The lowest BCUT2D eigenvalue weighted by Crippen LogP contribution is -2.51. The van der Waals surface area contributed by atoms with Crippen LogP contribution in [0.4, 0.5) is 0 Å². The van der Waals surface area contributed by atoms with Crippen molar-refractivity contribution in [1.29, 1.82) is 0 Å². The van der Waals surface area contributed by atoms with E-state index >= 15 is 0 Å². The van der Waals surface area contributed by atoms with Crippen LogP contribution in [0, 0.1) is 0 Å². The van der Waals surface area contributed by atoms with E-state index in [2.05, 4.69) is 15.9 Å². The summed E-state index contributed by atoms with van der Waals surface area (Å²) in [5, 5.41) is 0. The van der Waals surface area contributed by atoms with Crippen molar-refractivity contribution in [2.45, 2.75) is 25.0 Å². The number of rotatable bonds is 3. The van der Waals surface area contributed by atoms with Gasteiger partial charge in [0.25, 0.3) is 5.91 Å². The summed E-state index contributed by atoms with van der Waals surface area (Å²) in [6.45, 7) is 1.17. The van der Waals surface area contributed by atoms with Crippen LogP contribution in [0.1, 0.15) is 23.3 Å². The summed E-state index contributed by atoms with van der Waals surface area (Å²) >= 11 is 3.39. The van der Waals surface area contributed by atoms with E-state index in [0.717, 1.165) is 17.3 Å². The first-order valence-electron chi connectivity index (χ1n) is 6.42. The van der Waals surface area contributed by atoms with E-state index in [-0.39, 0.29) is 30.5 Å². The summed E-state index contributed by atoms with van der Waals surface area (Å²) in [5.74, 6) is 0.0400. The Balaban J connectivity index is 0.00000200. The number of aryl methyl sites for hydroxylation is 1. The number of carbonyl (C=O) groups is 1. The van der Waals surface area contributed by atoms with Gasteiger partial charge in [-0.25, -0.2) is 0 Å². The van der Waals surface area contributed by atoms with E-state index in [0.29, 0.717) is 18.8 Å². The maximum absolute atomic E-state index is 12.6. The highest BCUT2D eigenvalue weighted by Crippen LogP contribution is 2.23. The third-order valence-corrected chi connectivity index (χ3v) is 4.16. The first-order valence-corrected chi connectivity index (χ1v) is 7.21. The molecule has 0 radical (unpaired) electrons. The lowest BCUT2D eigenvalue weighted by molar-refractivity contribution is 0.0134. The highest BCUT2D eigenvalue weighted by molar-refractivity contribution is 9.10. The van der Waals surface area contributed by atoms with Crippen molar-refractivity contribution in [3.8, 4) is 0 Å². The molecule has 1 aromatic rings. The van der Waals surface area contributed by atoms with Crippen LogP contribution in [-0.2, 0) is 11.8 Å². The Labute approximate surface area is 134 Å². The Morgan fingerprint density at radius 2 is 2.30 bits per heavy atom. The summed E-state index contributed by atoms with van der Waals surface area (Å²) in [4.78, 5) is 14.5. The smallest absolute Gasteiger partial charge is 0.270 e. The molecule has 5 nitrogen and oxygen atoms in total. The second kappa shape index (κ2) is 7.45. The number of aromatic nitrogens is 1. The van der Waals surface area contributed by atoms with Gasteiger partial charge >= 0.3 is 0 Å². The highest BCUT2D eigenvalue weighted by atomic mass is 79.9. The Kier molecular flexibility index (Phi) is 6.51. The SMILES string of the molecule is COC1CCN(C(=O)c2cc(Br)cn2C)C(CN)C1.Cl. The lowest BCUT2D eigenvalue weighted by Gasteiger charge is -2.38. The Bertz CT molecular complexity index is 466. The molecule has 0 saturated carbocycles. The number of methoxy groups -OCH3 is 1. The predicted molar refractivity (Wildman–Crippen MR) is 84.3 cm³/mol. The quantitative estimate of drug-likeness (QED) is 0.887. The fourth-order valence-corrected chi connectivity index (χ4v) is 3.13. The van der Waals surface area contributed by atoms with Crippen LogP contribution in [0.3, 0.4) is 0 Å². The largest absolute Gasteiger partial charge is 0.381 e. The Morgan fingerprint density at radius 1 is 1.60 bits per heavy atom. The van der Waals surface area contributed by atoms with Crippen LogP contribution >= 0.6 is 28.3 Å². The molecule has 20 heavy (non-hydrogen) atoms. The monoisotopic (exact) mass is 365 g/mol. The molecule has 1 aromatic heterocycles. The van der Waals surface area contributed by atoms with Crippen molar-refractivity contribution in [3.63, 3.8) is 0 Å². The number of carbonyl (C=O) groups excluding carboxylic acids is 1. The molecular formula is C13H21BrClN3O2. The summed E-state index contributed by atoms with van der Waals surface area (Å²) in [7, 11) is 3.58. The van der Waals surface area contributed by atoms with Gasteiger partial charge in [0.15, 0.2) is 0 Å². The van der Waals surface area contributed by atoms with Crippen molar-refractivity contribution in [2.24, 2.45) is 12.8 Å². The van der Waals surface area contributed by atoms with E-state index < -0.39 is 0 Å². The molecule has 1 fully saturated rings. The molecule has 2 rings (SSSR count). The van der Waals surface area contributed by atoms with Crippen LogP contribution in [-0.4, -0.2) is 47.7 Å². The van der Waals surface area contributed by atoms with Crippen molar-refractivity contribution in [3.05, 3.63) is 22.4 Å². The lowest BCUT2D eigenvalue weighted by atomic mass is 9.99. The van der Waals surface area contributed by atoms with E-state index in [9.17, 15) is 4.79 Å². The molecule has 2 heterocycles. The van der Waals surface area contributed by atoms with Gasteiger partial charge < -0.3 is 19.9 Å². The molecule has 2 N–H and O–H groups in total. The van der Waals surface area contributed by atoms with E-state index in [1.807, 2.05) is 28.8 Å². The number of nitrogens with two attached hydrogens (primary N) is 1. The van der Waals surface area contributed by atoms with Crippen molar-refractivity contribution in [1.82, 2.24) is 9.47 Å². The average molecular weight is 367 g/mol. The zero-order valence-electron chi connectivity index (χ0n) is 11.7. The number of hydrogen-bond acceptors (Lipinski definition) is 3. The van der Waals surface area contributed by atoms with Gasteiger partial charge in [0.1, 0.15) is 5.69 Å². The highest BCUT2D eigenvalue weighted by Gasteiger charge is 2.32. The Morgan fingerprint density at radius 3 is 2.80 bits per heavy atom. The van der Waals surface area contributed by atoms with E-state index in [4.69, 9.17) is 10.5 Å². The zero-order chi connectivity index (χ0) is 14.0. The maximum atomic E-state index is 12.6. The fraction of sp³-hybridized carbons (Fsp3) is 0.615. The van der Waals surface area contributed by atoms with Crippen LogP contribution in [0.15, 0.2) is 16.7 Å². The van der Waals surface area contributed by atoms with Gasteiger partial charge in [0.05, 0.1) is 6.10 Å². The van der Waals surface area contributed by atoms with Crippen LogP contribution < -0.4 is 5.73 Å². The Hall–Kier alpha value is -0.560. The van der Waals surface area contributed by atoms with Gasteiger partial charge in [0.2, 0.25) is 0 Å². The molecule has 7 heteroatoms. The first kappa shape index (κ1) is 17.5. The van der Waals surface area contributed by atoms with Crippen molar-refractivity contribution < 1.29 is 9.53 Å². The molecular weight excluding hydrogens is 346 g/mol. The third-order valence-electron chi connectivity index (χ3n) is 3.72. The molecule has 2 unspecified atom stereocenters. The van der Waals surface area contributed by atoms with Gasteiger partial charge in [0, 0.05) is 44.0 Å². The predicted octanol–water partition coefficient (Wildman–Crippen LogP) is 1.79. The summed E-state index contributed by atoms with van der Waals surface area (Å²) in [5.41, 5.74) is 6.49. The molecule has 114 valence electrons. The number of likely N-dealkylation sites (tertiary alicyclic amines) is 1. The van der Waals surface area contributed by atoms with Gasteiger partial charge in [-0.1, -0.05) is 0 Å². The van der Waals surface area contributed by atoms with Gasteiger partial charge in [-0.3, -0.25) is 4.79 Å². The number of hydrogen-bond donors (Lipinski definition) is 1. The van der Waals surface area contributed by atoms with E-state index in [1.54, 1.807) is 7.11 Å². The number of amides is 1. The third kappa shape index (κ3) is 3.55. The molecule has 1 saturated heterocycles. The fourth-order valence-electron chi connectivity index (χ4n) is 2.60. The number of halogens is 2. The zero-order valence-corrected chi connectivity index (χ0v) is 14.1. The normalized spacial score (nSPS) is 22.5. The minimum absolute atomic E-state index is 0. The minimum atomic E-state index is 0. The molecule has 2 atom stereocenters. The standard InChI is InChI=1S/C13H20BrN3O2.ClH/c1-16-8-9(14)5-12(16)13(18)17-4-3-11(19-2)6-10(17)7-15;/h5,8,10-11H,3-4,6-7,15H2,1-2H3;1H. The molecule has 0 aromatic carbocycles. The van der Waals surface area contributed by atoms with E-state index in [1.165, 1.54) is 0 Å². The minimum Gasteiger partial charge on any atom is -0.381 e. The number of ether oxygens (including phenoxy) is 1. The van der Waals surface area contributed by atoms with Gasteiger partial charge in [-0.2, -0.15) is 0 Å². The van der Waals surface area contributed by atoms with Crippen molar-refractivity contribution >= 4 is 34.2 Å².